The van der Waals surface area contributed by atoms with Crippen molar-refractivity contribution in [2.45, 2.75) is 12.8 Å². The summed E-state index contributed by atoms with van der Waals surface area (Å²) in [5.74, 6) is -0.680. The Balaban J connectivity index is 1.64. The maximum Gasteiger partial charge on any atom is 0.223 e. The van der Waals surface area contributed by atoms with Crippen LogP contribution in [0.3, 0.4) is 0 Å². The number of H-pyrrole nitrogens is 1. The van der Waals surface area contributed by atoms with Crippen molar-refractivity contribution in [3.05, 3.63) is 36.0 Å². The van der Waals surface area contributed by atoms with E-state index in [2.05, 4.69) is 17.1 Å². The Morgan fingerprint density at radius 3 is 3.00 bits per heavy atom. The quantitative estimate of drug-likeness (QED) is 0.871. The summed E-state index contributed by atoms with van der Waals surface area (Å²) in [7, 11) is 0. The maximum atomic E-state index is 11.8. The molecule has 1 aliphatic heterocycles. The fourth-order valence-electron chi connectivity index (χ4n) is 2.70. The summed E-state index contributed by atoms with van der Waals surface area (Å²) in [6.45, 7) is 1.10. The molecular formula is C15H17N3O2. The molecule has 1 unspecified atom stereocenters. The summed E-state index contributed by atoms with van der Waals surface area (Å²) < 4.78 is 0. The first-order chi connectivity index (χ1) is 9.63. The van der Waals surface area contributed by atoms with Crippen LogP contribution in [0, 0.1) is 5.92 Å². The van der Waals surface area contributed by atoms with Crippen LogP contribution in [0.25, 0.3) is 10.9 Å². The van der Waals surface area contributed by atoms with Crippen LogP contribution in [0.4, 0.5) is 0 Å². The van der Waals surface area contributed by atoms with Gasteiger partial charge in [0.05, 0.1) is 5.92 Å². The third-order valence-corrected chi connectivity index (χ3v) is 3.90. The minimum atomic E-state index is -0.380. The monoisotopic (exact) mass is 271 g/mol. The van der Waals surface area contributed by atoms with Crippen molar-refractivity contribution in [2.24, 2.45) is 11.7 Å². The highest BCUT2D eigenvalue weighted by atomic mass is 16.2. The predicted molar refractivity (Wildman–Crippen MR) is 75.9 cm³/mol. The number of carbonyl (C=O) groups excluding carboxylic acids is 2. The molecule has 20 heavy (non-hydrogen) atoms. The normalized spacial score (nSPS) is 18.9. The zero-order valence-electron chi connectivity index (χ0n) is 11.1. The first-order valence-electron chi connectivity index (χ1n) is 6.76. The number of primary amides is 1. The second-order valence-electron chi connectivity index (χ2n) is 5.29. The summed E-state index contributed by atoms with van der Waals surface area (Å²) in [6.07, 6.45) is 2.96. The topological polar surface area (TPSA) is 79.2 Å². The van der Waals surface area contributed by atoms with Crippen LogP contribution in [0.5, 0.6) is 0 Å². The molecule has 3 rings (SSSR count). The molecule has 0 spiro atoms. The van der Waals surface area contributed by atoms with Gasteiger partial charge in [0.2, 0.25) is 11.8 Å². The average molecular weight is 271 g/mol. The summed E-state index contributed by atoms with van der Waals surface area (Å²) >= 11 is 0. The second kappa shape index (κ2) is 5.00. The summed E-state index contributed by atoms with van der Waals surface area (Å²) in [4.78, 5) is 27.8. The van der Waals surface area contributed by atoms with E-state index in [0.717, 1.165) is 11.9 Å². The van der Waals surface area contributed by atoms with Gasteiger partial charge in [0.15, 0.2) is 0 Å². The number of nitrogens with two attached hydrogens (primary N) is 1. The molecule has 0 saturated carbocycles. The van der Waals surface area contributed by atoms with Crippen LogP contribution >= 0.6 is 0 Å². The number of rotatable bonds is 4. The van der Waals surface area contributed by atoms with E-state index in [1.165, 1.54) is 10.9 Å². The number of carbonyl (C=O) groups is 2. The van der Waals surface area contributed by atoms with Gasteiger partial charge in [0.1, 0.15) is 0 Å². The van der Waals surface area contributed by atoms with E-state index in [9.17, 15) is 9.59 Å². The third-order valence-electron chi connectivity index (χ3n) is 3.90. The highest BCUT2D eigenvalue weighted by Crippen LogP contribution is 2.19. The number of fused-ring (bicyclic) bond motifs is 1. The second-order valence-corrected chi connectivity index (χ2v) is 5.29. The molecule has 1 atom stereocenters. The van der Waals surface area contributed by atoms with Gasteiger partial charge in [-0.25, -0.2) is 0 Å². The Hall–Kier alpha value is -2.30. The number of amides is 2. The van der Waals surface area contributed by atoms with Crippen LogP contribution in [0.2, 0.25) is 0 Å². The minimum Gasteiger partial charge on any atom is -0.369 e. The molecule has 5 heteroatoms. The number of hydrogen-bond acceptors (Lipinski definition) is 2. The number of hydrogen-bond donors (Lipinski definition) is 2. The summed E-state index contributed by atoms with van der Waals surface area (Å²) in [6, 6.07) is 8.26. The molecule has 1 saturated heterocycles. The first kappa shape index (κ1) is 12.7. The lowest BCUT2D eigenvalue weighted by atomic mass is 10.1. The van der Waals surface area contributed by atoms with Gasteiger partial charge in [-0.1, -0.05) is 6.07 Å². The number of nitrogens with zero attached hydrogens (tertiary/aromatic N) is 1. The smallest absolute Gasteiger partial charge is 0.223 e. The van der Waals surface area contributed by atoms with Crippen molar-refractivity contribution in [2.75, 3.05) is 13.1 Å². The van der Waals surface area contributed by atoms with Crippen molar-refractivity contribution in [3.63, 3.8) is 0 Å². The molecule has 2 heterocycles. The standard InChI is InChI=1S/C15H17N3O2/c16-15(20)12-8-14(19)18(9-12)6-4-10-1-2-13-11(7-10)3-5-17-13/h1-3,5,7,12,17H,4,6,8-9H2,(H2,16,20). The average Bonchev–Trinajstić information content (AvgIpc) is 3.02. The molecular weight excluding hydrogens is 254 g/mol. The number of benzene rings is 1. The molecule has 3 N–H and O–H groups in total. The van der Waals surface area contributed by atoms with Crippen LogP contribution in [0.15, 0.2) is 30.5 Å². The van der Waals surface area contributed by atoms with Gasteiger partial charge in [0.25, 0.3) is 0 Å². The van der Waals surface area contributed by atoms with Crippen LogP contribution in [-0.2, 0) is 16.0 Å². The van der Waals surface area contributed by atoms with Crippen molar-refractivity contribution in [1.29, 1.82) is 0 Å². The van der Waals surface area contributed by atoms with E-state index in [1.54, 1.807) is 4.90 Å². The fraction of sp³-hybridized carbons (Fsp3) is 0.333. The van der Waals surface area contributed by atoms with Crippen molar-refractivity contribution in [1.82, 2.24) is 9.88 Å². The molecule has 1 aliphatic rings. The number of nitrogens with one attached hydrogen (secondary N) is 1. The first-order valence-corrected chi connectivity index (χ1v) is 6.76. The highest BCUT2D eigenvalue weighted by molar-refractivity contribution is 5.88. The highest BCUT2D eigenvalue weighted by Gasteiger charge is 2.32. The molecule has 104 valence electrons. The maximum absolute atomic E-state index is 11.8. The number of aromatic amines is 1. The molecule has 1 fully saturated rings. The zero-order valence-corrected chi connectivity index (χ0v) is 11.1. The molecule has 0 aliphatic carbocycles. The molecule has 2 aromatic rings. The molecule has 0 radical (unpaired) electrons. The molecule has 2 amide bonds. The number of likely N-dealkylation sites (tertiary alicyclic amines) is 1. The van der Waals surface area contributed by atoms with Gasteiger partial charge >= 0.3 is 0 Å². The van der Waals surface area contributed by atoms with Gasteiger partial charge < -0.3 is 15.6 Å². The van der Waals surface area contributed by atoms with E-state index in [0.29, 0.717) is 13.1 Å². The zero-order chi connectivity index (χ0) is 14.1. The largest absolute Gasteiger partial charge is 0.369 e. The van der Waals surface area contributed by atoms with Crippen molar-refractivity contribution < 1.29 is 9.59 Å². The lowest BCUT2D eigenvalue weighted by molar-refractivity contribution is -0.128. The SMILES string of the molecule is NC(=O)C1CC(=O)N(CCc2ccc3[nH]ccc3c2)C1. The van der Waals surface area contributed by atoms with Crippen LogP contribution < -0.4 is 5.73 Å². The van der Waals surface area contributed by atoms with E-state index in [1.807, 2.05) is 18.3 Å². The van der Waals surface area contributed by atoms with Crippen molar-refractivity contribution >= 4 is 22.7 Å². The lowest BCUT2D eigenvalue weighted by Gasteiger charge is -2.16. The molecule has 5 nitrogen and oxygen atoms in total. The Kier molecular flexibility index (Phi) is 3.18. The van der Waals surface area contributed by atoms with Gasteiger partial charge in [-0.15, -0.1) is 0 Å². The Bertz CT molecular complexity index is 662. The summed E-state index contributed by atoms with van der Waals surface area (Å²) in [5, 5.41) is 1.17. The molecule has 1 aromatic carbocycles. The Morgan fingerprint density at radius 2 is 2.25 bits per heavy atom. The minimum absolute atomic E-state index is 0.0246. The van der Waals surface area contributed by atoms with Crippen LogP contribution in [-0.4, -0.2) is 34.8 Å². The van der Waals surface area contributed by atoms with Crippen molar-refractivity contribution in [3.8, 4) is 0 Å². The van der Waals surface area contributed by atoms with E-state index in [-0.39, 0.29) is 24.2 Å². The molecule has 0 bridgehead atoms. The van der Waals surface area contributed by atoms with Crippen LogP contribution in [0.1, 0.15) is 12.0 Å². The lowest BCUT2D eigenvalue weighted by Crippen LogP contribution is -2.30. The Morgan fingerprint density at radius 1 is 1.40 bits per heavy atom. The third kappa shape index (κ3) is 2.39. The number of aromatic nitrogens is 1. The van der Waals surface area contributed by atoms with Gasteiger partial charge in [-0.2, -0.15) is 0 Å². The fourth-order valence-corrected chi connectivity index (χ4v) is 2.70. The van der Waals surface area contributed by atoms with Gasteiger partial charge in [0, 0.05) is 31.2 Å². The van der Waals surface area contributed by atoms with Gasteiger partial charge in [-0.05, 0) is 35.6 Å². The van der Waals surface area contributed by atoms with E-state index in [4.69, 9.17) is 5.73 Å². The molecule has 1 aromatic heterocycles. The Labute approximate surface area is 116 Å². The van der Waals surface area contributed by atoms with E-state index >= 15 is 0 Å². The van der Waals surface area contributed by atoms with Gasteiger partial charge in [-0.3, -0.25) is 9.59 Å². The van der Waals surface area contributed by atoms with E-state index < -0.39 is 0 Å². The summed E-state index contributed by atoms with van der Waals surface area (Å²) in [5.41, 5.74) is 7.56. The predicted octanol–water partition coefficient (Wildman–Crippen LogP) is 1.04.